The maximum Gasteiger partial charge on any atom is 0.271 e. The molecular weight excluding hydrogens is 396 g/mol. The van der Waals surface area contributed by atoms with Gasteiger partial charge in [-0.2, -0.15) is 0 Å². The van der Waals surface area contributed by atoms with Gasteiger partial charge in [-0.25, -0.2) is 4.98 Å². The zero-order valence-corrected chi connectivity index (χ0v) is 18.3. The highest BCUT2D eigenvalue weighted by atomic mass is 32.1. The Labute approximate surface area is 180 Å². The van der Waals surface area contributed by atoms with Crippen LogP contribution in [-0.2, 0) is 6.42 Å². The van der Waals surface area contributed by atoms with E-state index in [-0.39, 0.29) is 23.1 Å². The van der Waals surface area contributed by atoms with E-state index in [1.54, 1.807) is 6.20 Å². The first-order valence-electron chi connectivity index (χ1n) is 10.6. The molecule has 0 bridgehead atoms. The number of benzene rings is 1. The second-order valence-electron chi connectivity index (χ2n) is 8.27. The van der Waals surface area contributed by atoms with E-state index in [1.165, 1.54) is 40.3 Å². The molecule has 2 aromatic heterocycles. The average Bonchev–Trinajstić information content (AvgIpc) is 3.17. The number of nitrogens with zero attached hydrogens (tertiary/aromatic N) is 3. The van der Waals surface area contributed by atoms with Crippen LogP contribution in [-0.4, -0.2) is 45.9 Å². The molecule has 0 spiro atoms. The third kappa shape index (κ3) is 4.63. The number of aromatic nitrogens is 2. The van der Waals surface area contributed by atoms with Crippen molar-refractivity contribution in [3.8, 4) is 0 Å². The Morgan fingerprint density at radius 1 is 1.27 bits per heavy atom. The maximum absolute atomic E-state index is 12.9. The van der Waals surface area contributed by atoms with Gasteiger partial charge in [-0.3, -0.25) is 18.9 Å². The minimum atomic E-state index is -0.352. The molecule has 0 radical (unpaired) electrons. The Balaban J connectivity index is 1.44. The van der Waals surface area contributed by atoms with E-state index in [9.17, 15) is 9.59 Å². The lowest BCUT2D eigenvalue weighted by atomic mass is 9.98. The lowest BCUT2D eigenvalue weighted by Crippen LogP contribution is -2.46. The SMILES string of the molecule is CC1CCN(C(C)CNC(=O)c2cnc3sc(Cc4ccccc4)cn3c2=O)CC1. The van der Waals surface area contributed by atoms with Crippen molar-refractivity contribution in [2.75, 3.05) is 19.6 Å². The first-order valence-corrected chi connectivity index (χ1v) is 11.4. The summed E-state index contributed by atoms with van der Waals surface area (Å²) < 4.78 is 1.49. The first kappa shape index (κ1) is 20.8. The molecule has 1 saturated heterocycles. The van der Waals surface area contributed by atoms with Crippen molar-refractivity contribution < 1.29 is 4.79 Å². The van der Waals surface area contributed by atoms with E-state index in [4.69, 9.17) is 0 Å². The number of carbonyl (C=O) groups excluding carboxylic acids is 1. The molecule has 3 aromatic rings. The fraction of sp³-hybridized carbons (Fsp3) is 0.435. The molecule has 4 rings (SSSR count). The highest BCUT2D eigenvalue weighted by Crippen LogP contribution is 2.19. The summed E-state index contributed by atoms with van der Waals surface area (Å²) in [6, 6.07) is 10.4. The summed E-state index contributed by atoms with van der Waals surface area (Å²) in [5, 5.41) is 2.93. The number of nitrogens with one attached hydrogen (secondary N) is 1. The summed E-state index contributed by atoms with van der Waals surface area (Å²) in [4.78, 5) is 34.0. The lowest BCUT2D eigenvalue weighted by molar-refractivity contribution is 0.0919. The van der Waals surface area contributed by atoms with Gasteiger partial charge in [-0.15, -0.1) is 11.3 Å². The van der Waals surface area contributed by atoms with Crippen LogP contribution in [0, 0.1) is 5.92 Å². The minimum Gasteiger partial charge on any atom is -0.350 e. The third-order valence-corrected chi connectivity index (χ3v) is 6.92. The number of piperidine rings is 1. The normalized spacial score (nSPS) is 16.6. The van der Waals surface area contributed by atoms with Crippen LogP contribution in [0.2, 0.25) is 0 Å². The lowest BCUT2D eigenvalue weighted by Gasteiger charge is -2.34. The molecule has 1 aliphatic heterocycles. The van der Waals surface area contributed by atoms with Crippen molar-refractivity contribution in [1.29, 1.82) is 0 Å². The van der Waals surface area contributed by atoms with Crippen LogP contribution in [0.1, 0.15) is 47.5 Å². The predicted molar refractivity (Wildman–Crippen MR) is 120 cm³/mol. The van der Waals surface area contributed by atoms with Crippen molar-refractivity contribution in [2.24, 2.45) is 5.92 Å². The number of thiazole rings is 1. The summed E-state index contributed by atoms with van der Waals surface area (Å²) in [5.41, 5.74) is 0.958. The molecule has 30 heavy (non-hydrogen) atoms. The summed E-state index contributed by atoms with van der Waals surface area (Å²) in [6.07, 6.45) is 6.34. The largest absolute Gasteiger partial charge is 0.350 e. The van der Waals surface area contributed by atoms with Gasteiger partial charge in [-0.1, -0.05) is 37.3 Å². The zero-order valence-electron chi connectivity index (χ0n) is 17.5. The van der Waals surface area contributed by atoms with E-state index in [2.05, 4.69) is 41.2 Å². The van der Waals surface area contributed by atoms with Crippen molar-refractivity contribution in [2.45, 2.75) is 39.2 Å². The quantitative estimate of drug-likeness (QED) is 0.660. The van der Waals surface area contributed by atoms with E-state index in [1.807, 2.05) is 18.2 Å². The fourth-order valence-electron chi connectivity index (χ4n) is 3.90. The number of hydrogen-bond acceptors (Lipinski definition) is 5. The van der Waals surface area contributed by atoms with Gasteiger partial charge in [0.25, 0.3) is 11.5 Å². The maximum atomic E-state index is 12.9. The standard InChI is InChI=1S/C23H28N4O2S/c1-16-8-10-26(11-9-16)17(2)13-24-21(28)20-14-25-23-27(22(20)29)15-19(30-23)12-18-6-4-3-5-7-18/h3-7,14-17H,8-13H2,1-2H3,(H,24,28). The van der Waals surface area contributed by atoms with Crippen molar-refractivity contribution in [1.82, 2.24) is 19.6 Å². The Morgan fingerprint density at radius 3 is 2.73 bits per heavy atom. The van der Waals surface area contributed by atoms with Crippen LogP contribution in [0.3, 0.4) is 0 Å². The molecule has 1 N–H and O–H groups in total. The van der Waals surface area contributed by atoms with Gasteiger partial charge in [0.2, 0.25) is 0 Å². The Hall–Kier alpha value is -2.51. The van der Waals surface area contributed by atoms with Crippen molar-refractivity contribution >= 4 is 22.2 Å². The Bertz CT molecular complexity index is 1070. The molecule has 0 saturated carbocycles. The molecule has 1 atom stereocenters. The molecule has 1 fully saturated rings. The second kappa shape index (κ2) is 9.10. The van der Waals surface area contributed by atoms with E-state index >= 15 is 0 Å². The Morgan fingerprint density at radius 2 is 2.00 bits per heavy atom. The molecule has 1 amide bonds. The van der Waals surface area contributed by atoms with Gasteiger partial charge in [0.1, 0.15) is 5.56 Å². The molecule has 0 aliphatic carbocycles. The summed E-state index contributed by atoms with van der Waals surface area (Å²) in [6.45, 7) is 7.06. The summed E-state index contributed by atoms with van der Waals surface area (Å²) in [7, 11) is 0. The van der Waals surface area contributed by atoms with E-state index < -0.39 is 0 Å². The van der Waals surface area contributed by atoms with Gasteiger partial charge >= 0.3 is 0 Å². The molecule has 6 nitrogen and oxygen atoms in total. The molecule has 1 aliphatic rings. The Kier molecular flexibility index (Phi) is 6.29. The summed E-state index contributed by atoms with van der Waals surface area (Å²) in [5.74, 6) is 0.424. The number of hydrogen-bond donors (Lipinski definition) is 1. The topological polar surface area (TPSA) is 66.7 Å². The van der Waals surface area contributed by atoms with Crippen LogP contribution >= 0.6 is 11.3 Å². The average molecular weight is 425 g/mol. The van der Waals surface area contributed by atoms with E-state index in [0.29, 0.717) is 11.5 Å². The number of likely N-dealkylation sites (tertiary alicyclic amines) is 1. The molecule has 7 heteroatoms. The van der Waals surface area contributed by atoms with Crippen LogP contribution in [0.15, 0.2) is 47.5 Å². The predicted octanol–water partition coefficient (Wildman–Crippen LogP) is 3.20. The third-order valence-electron chi connectivity index (χ3n) is 5.92. The monoisotopic (exact) mass is 424 g/mol. The smallest absolute Gasteiger partial charge is 0.271 e. The van der Waals surface area contributed by atoms with Crippen LogP contribution in [0.5, 0.6) is 0 Å². The van der Waals surface area contributed by atoms with Gasteiger partial charge in [0.05, 0.1) is 0 Å². The number of carbonyl (C=O) groups is 1. The first-order chi connectivity index (χ1) is 14.5. The van der Waals surface area contributed by atoms with Crippen LogP contribution in [0.25, 0.3) is 4.96 Å². The van der Waals surface area contributed by atoms with Crippen molar-refractivity contribution in [3.05, 3.63) is 69.1 Å². The molecule has 158 valence electrons. The second-order valence-corrected chi connectivity index (χ2v) is 9.36. The minimum absolute atomic E-state index is 0.0935. The number of amides is 1. The molecule has 3 heterocycles. The van der Waals surface area contributed by atoms with Gasteiger partial charge in [0, 0.05) is 36.3 Å². The van der Waals surface area contributed by atoms with Gasteiger partial charge in [0.15, 0.2) is 4.96 Å². The molecule has 1 unspecified atom stereocenters. The highest BCUT2D eigenvalue weighted by Gasteiger charge is 2.21. The molecular formula is C23H28N4O2S. The molecule has 1 aromatic carbocycles. The number of fused-ring (bicyclic) bond motifs is 1. The van der Waals surface area contributed by atoms with Crippen LogP contribution in [0.4, 0.5) is 0 Å². The fourth-order valence-corrected chi connectivity index (χ4v) is 4.87. The van der Waals surface area contributed by atoms with Crippen LogP contribution < -0.4 is 10.9 Å². The number of rotatable bonds is 6. The van der Waals surface area contributed by atoms with E-state index in [0.717, 1.165) is 30.3 Å². The summed E-state index contributed by atoms with van der Waals surface area (Å²) >= 11 is 1.48. The van der Waals surface area contributed by atoms with Gasteiger partial charge in [-0.05, 0) is 44.3 Å². The highest BCUT2D eigenvalue weighted by molar-refractivity contribution is 7.17. The zero-order chi connectivity index (χ0) is 21.1. The van der Waals surface area contributed by atoms with Crippen molar-refractivity contribution in [3.63, 3.8) is 0 Å². The van der Waals surface area contributed by atoms with Gasteiger partial charge < -0.3 is 5.32 Å².